The second kappa shape index (κ2) is 12.0. The van der Waals surface area contributed by atoms with Crippen LogP contribution in [0.25, 0.3) is 11.3 Å². The Hall–Kier alpha value is -4.00. The maximum absolute atomic E-state index is 12.3. The number of nitriles is 1. The van der Waals surface area contributed by atoms with E-state index in [1.807, 2.05) is 18.2 Å². The Morgan fingerprint density at radius 1 is 1.10 bits per heavy atom. The third-order valence-electron chi connectivity index (χ3n) is 7.32. The maximum atomic E-state index is 12.3. The summed E-state index contributed by atoms with van der Waals surface area (Å²) in [5, 5.41) is 19.8. The van der Waals surface area contributed by atoms with E-state index in [1.165, 1.54) is 19.5 Å². The normalized spacial score (nSPS) is 16.4. The number of piperidine rings is 1. The summed E-state index contributed by atoms with van der Waals surface area (Å²) in [6, 6.07) is 18.1. The van der Waals surface area contributed by atoms with Crippen LogP contribution in [-0.4, -0.2) is 77.0 Å². The molecule has 40 heavy (non-hydrogen) atoms. The fraction of sp³-hybridized carbons (Fsp3) is 0.419. The fourth-order valence-electron chi connectivity index (χ4n) is 5.10. The van der Waals surface area contributed by atoms with Crippen LogP contribution in [0.1, 0.15) is 43.6 Å². The van der Waals surface area contributed by atoms with Gasteiger partial charge in [-0.1, -0.05) is 12.1 Å². The van der Waals surface area contributed by atoms with Gasteiger partial charge >= 0.3 is 0 Å². The van der Waals surface area contributed by atoms with Crippen LogP contribution in [-0.2, 0) is 16.0 Å². The summed E-state index contributed by atoms with van der Waals surface area (Å²) in [6.45, 7) is 7.35. The van der Waals surface area contributed by atoms with Crippen molar-refractivity contribution in [2.45, 2.75) is 44.8 Å². The zero-order valence-corrected chi connectivity index (χ0v) is 23.0. The van der Waals surface area contributed by atoms with Crippen molar-refractivity contribution >= 4 is 11.6 Å². The molecular formula is C31H35N5O4. The molecule has 9 heteroatoms. The van der Waals surface area contributed by atoms with Crippen LogP contribution in [0.5, 0.6) is 5.75 Å². The molecule has 1 aromatic heterocycles. The molecule has 2 aromatic carbocycles. The third-order valence-corrected chi connectivity index (χ3v) is 7.32. The highest BCUT2D eigenvalue weighted by Crippen LogP contribution is 2.28. The predicted molar refractivity (Wildman–Crippen MR) is 151 cm³/mol. The number of anilines is 1. The molecule has 0 saturated carbocycles. The molecule has 3 heterocycles. The van der Waals surface area contributed by atoms with Gasteiger partial charge in [0, 0.05) is 62.9 Å². The monoisotopic (exact) mass is 541 g/mol. The first-order chi connectivity index (χ1) is 19.3. The molecule has 5 rings (SSSR count). The minimum atomic E-state index is -1.38. The SMILES string of the molecule is CC(C)(O)C(=O)N1CCC(Oc2ccc(-c3ccnc(Cc4ccc(N5CCOCC5)cc4)n3)cc2C#N)CC1. The molecule has 1 N–H and O–H groups in total. The molecule has 2 saturated heterocycles. The van der Waals surface area contributed by atoms with E-state index in [0.29, 0.717) is 49.5 Å². The average Bonchev–Trinajstić information content (AvgIpc) is 2.98. The highest BCUT2D eigenvalue weighted by atomic mass is 16.5. The van der Waals surface area contributed by atoms with Crippen molar-refractivity contribution in [1.82, 2.24) is 14.9 Å². The Morgan fingerprint density at radius 2 is 1.82 bits per heavy atom. The summed E-state index contributed by atoms with van der Waals surface area (Å²) in [5.41, 5.74) is 2.95. The summed E-state index contributed by atoms with van der Waals surface area (Å²) in [6.07, 6.45) is 3.52. The third kappa shape index (κ3) is 6.58. The number of carbonyl (C=O) groups is 1. The van der Waals surface area contributed by atoms with Crippen molar-refractivity contribution in [2.24, 2.45) is 0 Å². The lowest BCUT2D eigenvalue weighted by molar-refractivity contribution is -0.149. The summed E-state index contributed by atoms with van der Waals surface area (Å²) in [7, 11) is 0. The number of amides is 1. The lowest BCUT2D eigenvalue weighted by Crippen LogP contribution is -2.49. The van der Waals surface area contributed by atoms with Crippen molar-refractivity contribution in [1.29, 1.82) is 5.26 Å². The van der Waals surface area contributed by atoms with Crippen molar-refractivity contribution in [3.8, 4) is 23.1 Å². The van der Waals surface area contributed by atoms with Gasteiger partial charge in [-0.05, 0) is 55.8 Å². The van der Waals surface area contributed by atoms with E-state index < -0.39 is 5.60 Å². The van der Waals surface area contributed by atoms with Crippen molar-refractivity contribution in [2.75, 3.05) is 44.3 Å². The molecule has 9 nitrogen and oxygen atoms in total. The van der Waals surface area contributed by atoms with E-state index in [0.717, 1.165) is 43.1 Å². The minimum absolute atomic E-state index is 0.107. The van der Waals surface area contributed by atoms with Gasteiger partial charge in [-0.25, -0.2) is 9.97 Å². The summed E-state index contributed by atoms with van der Waals surface area (Å²) in [5.74, 6) is 0.957. The second-order valence-electron chi connectivity index (χ2n) is 10.8. The maximum Gasteiger partial charge on any atom is 0.253 e. The number of carbonyl (C=O) groups excluding carboxylic acids is 1. The first kappa shape index (κ1) is 27.6. The van der Waals surface area contributed by atoms with Crippen LogP contribution in [0.3, 0.4) is 0 Å². The molecular weight excluding hydrogens is 506 g/mol. The molecule has 0 aliphatic carbocycles. The van der Waals surface area contributed by atoms with E-state index in [-0.39, 0.29) is 12.0 Å². The van der Waals surface area contributed by atoms with Crippen molar-refractivity contribution in [3.05, 3.63) is 71.7 Å². The Balaban J connectivity index is 1.23. The van der Waals surface area contributed by atoms with E-state index in [4.69, 9.17) is 14.5 Å². The van der Waals surface area contributed by atoms with Crippen LogP contribution in [0.15, 0.2) is 54.7 Å². The molecule has 0 atom stereocenters. The zero-order chi connectivity index (χ0) is 28.1. The number of morpholine rings is 1. The van der Waals surface area contributed by atoms with E-state index in [1.54, 1.807) is 17.2 Å². The van der Waals surface area contributed by atoms with Crippen molar-refractivity contribution in [3.63, 3.8) is 0 Å². The largest absolute Gasteiger partial charge is 0.489 e. The Kier molecular flexibility index (Phi) is 8.29. The highest BCUT2D eigenvalue weighted by molar-refractivity contribution is 5.84. The standard InChI is InChI=1S/C31H35N5O4/c1-31(2,38)30(37)36-13-10-26(11-14-36)40-28-8-5-23(20-24(28)21-32)27-9-12-33-29(34-27)19-22-3-6-25(7-4-22)35-15-17-39-18-16-35/h3-9,12,20,26,38H,10-11,13-19H2,1-2H3. The van der Waals surface area contributed by atoms with Gasteiger partial charge in [0.1, 0.15) is 29.3 Å². The Morgan fingerprint density at radius 3 is 2.50 bits per heavy atom. The van der Waals surface area contributed by atoms with Gasteiger partial charge in [0.25, 0.3) is 5.91 Å². The van der Waals surface area contributed by atoms with Crippen LogP contribution in [0.2, 0.25) is 0 Å². The quantitative estimate of drug-likeness (QED) is 0.483. The number of nitrogens with zero attached hydrogens (tertiary/aromatic N) is 5. The van der Waals surface area contributed by atoms with Crippen LogP contribution < -0.4 is 9.64 Å². The molecule has 2 aliphatic heterocycles. The first-order valence-electron chi connectivity index (χ1n) is 13.8. The van der Waals surface area contributed by atoms with E-state index in [9.17, 15) is 15.2 Å². The summed E-state index contributed by atoms with van der Waals surface area (Å²) in [4.78, 5) is 25.6. The number of aromatic nitrogens is 2. The number of benzene rings is 2. The lowest BCUT2D eigenvalue weighted by Gasteiger charge is -2.35. The van der Waals surface area contributed by atoms with Gasteiger partial charge in [-0.2, -0.15) is 5.26 Å². The van der Waals surface area contributed by atoms with Gasteiger partial charge in [-0.3, -0.25) is 4.79 Å². The molecule has 1 amide bonds. The smallest absolute Gasteiger partial charge is 0.253 e. The molecule has 2 fully saturated rings. The second-order valence-corrected chi connectivity index (χ2v) is 10.8. The molecule has 2 aliphatic rings. The van der Waals surface area contributed by atoms with E-state index in [2.05, 4.69) is 40.2 Å². The van der Waals surface area contributed by atoms with Crippen LogP contribution in [0, 0.1) is 11.3 Å². The molecule has 0 unspecified atom stereocenters. The molecule has 3 aromatic rings. The first-order valence-corrected chi connectivity index (χ1v) is 13.8. The van der Waals surface area contributed by atoms with Crippen LogP contribution in [0.4, 0.5) is 5.69 Å². The molecule has 0 bridgehead atoms. The summed E-state index contributed by atoms with van der Waals surface area (Å²) >= 11 is 0. The highest BCUT2D eigenvalue weighted by Gasteiger charge is 2.32. The molecule has 0 radical (unpaired) electrons. The summed E-state index contributed by atoms with van der Waals surface area (Å²) < 4.78 is 11.6. The lowest BCUT2D eigenvalue weighted by atomic mass is 10.0. The van der Waals surface area contributed by atoms with Gasteiger partial charge in [0.15, 0.2) is 0 Å². The fourth-order valence-corrected chi connectivity index (χ4v) is 5.10. The Bertz CT molecular complexity index is 1370. The zero-order valence-electron chi connectivity index (χ0n) is 23.0. The number of rotatable bonds is 7. The number of hydrogen-bond acceptors (Lipinski definition) is 8. The number of aliphatic hydroxyl groups is 1. The Labute approximate surface area is 235 Å². The van der Waals surface area contributed by atoms with Gasteiger partial charge in [-0.15, -0.1) is 0 Å². The topological polar surface area (TPSA) is 112 Å². The number of ether oxygens (including phenoxy) is 2. The average molecular weight is 542 g/mol. The number of likely N-dealkylation sites (tertiary alicyclic amines) is 1. The number of hydrogen-bond donors (Lipinski definition) is 1. The minimum Gasteiger partial charge on any atom is -0.489 e. The molecule has 0 spiro atoms. The van der Waals surface area contributed by atoms with Crippen molar-refractivity contribution < 1.29 is 19.4 Å². The van der Waals surface area contributed by atoms with Gasteiger partial charge in [0.2, 0.25) is 0 Å². The molecule has 208 valence electrons. The predicted octanol–water partition coefficient (Wildman–Crippen LogP) is 3.58. The van der Waals surface area contributed by atoms with Gasteiger partial charge in [0.05, 0.1) is 24.5 Å². The van der Waals surface area contributed by atoms with Crippen LogP contribution >= 0.6 is 0 Å². The van der Waals surface area contributed by atoms with Gasteiger partial charge < -0.3 is 24.4 Å². The van der Waals surface area contributed by atoms with E-state index >= 15 is 0 Å².